The largest absolute Gasteiger partial charge is 0.493 e. The zero-order valence-corrected chi connectivity index (χ0v) is 19.2. The van der Waals surface area contributed by atoms with Gasteiger partial charge in [0.2, 0.25) is 0 Å². The van der Waals surface area contributed by atoms with Crippen molar-refractivity contribution in [2.75, 3.05) is 12.5 Å². The van der Waals surface area contributed by atoms with Gasteiger partial charge in [0, 0.05) is 16.1 Å². The van der Waals surface area contributed by atoms with Gasteiger partial charge in [0.05, 0.1) is 18.2 Å². The van der Waals surface area contributed by atoms with E-state index in [1.54, 1.807) is 19.4 Å². The monoisotopic (exact) mass is 506 g/mol. The lowest BCUT2D eigenvalue weighted by Crippen LogP contribution is -2.00. The van der Waals surface area contributed by atoms with Crippen LogP contribution in [0.5, 0.6) is 11.5 Å². The molecule has 9 heteroatoms. The van der Waals surface area contributed by atoms with E-state index in [1.165, 1.54) is 18.3 Å². The first-order valence-electron chi connectivity index (χ1n) is 9.91. The van der Waals surface area contributed by atoms with Gasteiger partial charge in [0.25, 0.3) is 5.69 Å². The number of aromatic nitrogens is 1. The predicted molar refractivity (Wildman–Crippen MR) is 131 cm³/mol. The maximum atomic E-state index is 10.7. The van der Waals surface area contributed by atoms with Gasteiger partial charge in [-0.05, 0) is 50.5 Å². The van der Waals surface area contributed by atoms with Crippen LogP contribution in [0, 0.1) is 10.1 Å². The van der Waals surface area contributed by atoms with Crippen molar-refractivity contribution in [3.8, 4) is 11.5 Å². The van der Waals surface area contributed by atoms with Crippen LogP contribution in [0.2, 0.25) is 0 Å². The number of nitrogens with one attached hydrogen (secondary N) is 1. The summed E-state index contributed by atoms with van der Waals surface area (Å²) in [6.07, 6.45) is 2.75. The van der Waals surface area contributed by atoms with Gasteiger partial charge in [0.1, 0.15) is 18.6 Å². The molecule has 4 aromatic rings. The Labute approximate surface area is 198 Å². The molecule has 0 aliphatic carbocycles. The van der Waals surface area contributed by atoms with E-state index < -0.39 is 4.92 Å². The molecule has 4 rings (SSSR count). The summed E-state index contributed by atoms with van der Waals surface area (Å²) in [5.41, 5.74) is 4.49. The van der Waals surface area contributed by atoms with E-state index >= 15 is 0 Å². The molecule has 0 amide bonds. The van der Waals surface area contributed by atoms with Gasteiger partial charge < -0.3 is 9.47 Å². The van der Waals surface area contributed by atoms with Crippen LogP contribution in [0.4, 0.5) is 11.5 Å². The number of fused-ring (bicyclic) bond motifs is 1. The van der Waals surface area contributed by atoms with Crippen molar-refractivity contribution in [3.05, 3.63) is 98.6 Å². The number of hydrazone groups is 1. The van der Waals surface area contributed by atoms with E-state index in [4.69, 9.17) is 9.47 Å². The van der Waals surface area contributed by atoms with Crippen molar-refractivity contribution in [2.24, 2.45) is 5.10 Å². The van der Waals surface area contributed by atoms with Crippen molar-refractivity contribution in [3.63, 3.8) is 0 Å². The summed E-state index contributed by atoms with van der Waals surface area (Å²) in [6.45, 7) is 0.394. The van der Waals surface area contributed by atoms with Gasteiger partial charge in [-0.25, -0.2) is 4.98 Å². The molecule has 0 saturated heterocycles. The molecule has 0 aliphatic rings. The number of methoxy groups -OCH3 is 1. The molecular formula is C24H19BrN4O4. The number of hydrogen-bond acceptors (Lipinski definition) is 7. The normalized spacial score (nSPS) is 11.0. The summed E-state index contributed by atoms with van der Waals surface area (Å²) in [6, 6.07) is 20.8. The van der Waals surface area contributed by atoms with Crippen LogP contribution in [0.25, 0.3) is 10.8 Å². The van der Waals surface area contributed by atoms with Crippen molar-refractivity contribution >= 4 is 44.4 Å². The molecule has 0 radical (unpaired) electrons. The molecule has 0 spiro atoms. The number of halogens is 1. The Bertz CT molecular complexity index is 1320. The Morgan fingerprint density at radius 3 is 2.70 bits per heavy atom. The minimum absolute atomic E-state index is 0.0869. The molecule has 3 aromatic carbocycles. The average molecular weight is 507 g/mol. The fourth-order valence-corrected chi connectivity index (χ4v) is 3.65. The van der Waals surface area contributed by atoms with E-state index in [1.807, 2.05) is 30.3 Å². The molecule has 166 valence electrons. The second-order valence-corrected chi connectivity index (χ2v) is 7.83. The van der Waals surface area contributed by atoms with E-state index in [-0.39, 0.29) is 5.69 Å². The lowest BCUT2D eigenvalue weighted by molar-refractivity contribution is -0.385. The molecule has 1 heterocycles. The summed E-state index contributed by atoms with van der Waals surface area (Å²) in [7, 11) is 1.58. The Kier molecular flexibility index (Phi) is 6.80. The molecule has 1 N–H and O–H groups in total. The van der Waals surface area contributed by atoms with E-state index in [0.29, 0.717) is 23.9 Å². The van der Waals surface area contributed by atoms with Crippen LogP contribution in [0.1, 0.15) is 11.1 Å². The van der Waals surface area contributed by atoms with Crippen LogP contribution in [-0.2, 0) is 6.61 Å². The van der Waals surface area contributed by atoms with Crippen LogP contribution in [0.3, 0.4) is 0 Å². The highest BCUT2D eigenvalue weighted by molar-refractivity contribution is 9.10. The molecule has 0 fully saturated rings. The first kappa shape index (κ1) is 22.2. The number of pyridine rings is 1. The SMILES string of the molecule is COc1cc(/C=N/Nc2ccc([N+](=O)[O-])cn2)c(Br)cc1OCc1cccc2ccccc12. The maximum Gasteiger partial charge on any atom is 0.287 e. The third kappa shape index (κ3) is 5.27. The maximum absolute atomic E-state index is 10.7. The van der Waals surface area contributed by atoms with Crippen molar-refractivity contribution in [2.45, 2.75) is 6.61 Å². The van der Waals surface area contributed by atoms with Gasteiger partial charge in [-0.2, -0.15) is 5.10 Å². The quantitative estimate of drug-likeness (QED) is 0.180. The standard InChI is InChI=1S/C24H19BrN4O4/c1-32-22-11-18(13-27-28-24-10-9-19(14-26-24)29(30)31)21(25)12-23(22)33-15-17-7-4-6-16-5-2-3-8-20(16)17/h2-14H,15H2,1H3,(H,26,28)/b27-13+. The highest BCUT2D eigenvalue weighted by atomic mass is 79.9. The number of ether oxygens (including phenoxy) is 2. The molecule has 0 bridgehead atoms. The van der Waals surface area contributed by atoms with Crippen molar-refractivity contribution in [1.29, 1.82) is 0 Å². The predicted octanol–water partition coefficient (Wildman–Crippen LogP) is 5.94. The highest BCUT2D eigenvalue weighted by Gasteiger charge is 2.11. The number of hydrogen-bond donors (Lipinski definition) is 1. The number of nitrogens with zero attached hydrogens (tertiary/aromatic N) is 3. The van der Waals surface area contributed by atoms with Gasteiger partial charge in [-0.3, -0.25) is 15.5 Å². The third-order valence-electron chi connectivity index (χ3n) is 4.89. The molecule has 0 saturated carbocycles. The first-order valence-corrected chi connectivity index (χ1v) is 10.7. The number of anilines is 1. The summed E-state index contributed by atoms with van der Waals surface area (Å²) in [4.78, 5) is 14.2. The molecule has 0 atom stereocenters. The lowest BCUT2D eigenvalue weighted by Gasteiger charge is -2.14. The van der Waals surface area contributed by atoms with Crippen LogP contribution in [0.15, 0.2) is 82.5 Å². The highest BCUT2D eigenvalue weighted by Crippen LogP contribution is 2.34. The Morgan fingerprint density at radius 1 is 1.12 bits per heavy atom. The minimum atomic E-state index is -0.507. The summed E-state index contributed by atoms with van der Waals surface area (Å²) < 4.78 is 12.4. The summed E-state index contributed by atoms with van der Waals surface area (Å²) in [5.74, 6) is 1.54. The van der Waals surface area contributed by atoms with Crippen molar-refractivity contribution in [1.82, 2.24) is 4.98 Å². The summed E-state index contributed by atoms with van der Waals surface area (Å²) >= 11 is 3.54. The third-order valence-corrected chi connectivity index (χ3v) is 5.57. The topological polar surface area (TPSA) is 98.9 Å². The minimum Gasteiger partial charge on any atom is -0.493 e. The van der Waals surface area contributed by atoms with E-state index in [9.17, 15) is 10.1 Å². The Hall–Kier alpha value is -3.98. The van der Waals surface area contributed by atoms with Crippen molar-refractivity contribution < 1.29 is 14.4 Å². The fourth-order valence-electron chi connectivity index (χ4n) is 3.22. The smallest absolute Gasteiger partial charge is 0.287 e. The van der Waals surface area contributed by atoms with Crippen LogP contribution in [-0.4, -0.2) is 23.2 Å². The molecule has 1 aromatic heterocycles. The second-order valence-electron chi connectivity index (χ2n) is 6.98. The zero-order valence-electron chi connectivity index (χ0n) is 17.6. The zero-order chi connectivity index (χ0) is 23.2. The number of benzene rings is 3. The first-order chi connectivity index (χ1) is 16.0. The van der Waals surface area contributed by atoms with Gasteiger partial charge in [-0.1, -0.05) is 42.5 Å². The van der Waals surface area contributed by atoms with Crippen LogP contribution >= 0.6 is 15.9 Å². The van der Waals surface area contributed by atoms with Gasteiger partial charge in [-0.15, -0.1) is 0 Å². The number of nitro groups is 1. The second kappa shape index (κ2) is 10.1. The van der Waals surface area contributed by atoms with Gasteiger partial charge in [0.15, 0.2) is 11.5 Å². The van der Waals surface area contributed by atoms with E-state index in [2.05, 4.69) is 49.6 Å². The molecule has 0 unspecified atom stereocenters. The molecule has 8 nitrogen and oxygen atoms in total. The Morgan fingerprint density at radius 2 is 1.94 bits per heavy atom. The molecule has 33 heavy (non-hydrogen) atoms. The fraction of sp³-hybridized carbons (Fsp3) is 0.0833. The number of rotatable bonds is 8. The van der Waals surface area contributed by atoms with Gasteiger partial charge >= 0.3 is 0 Å². The summed E-state index contributed by atoms with van der Waals surface area (Å²) in [5, 5.41) is 17.2. The Balaban J connectivity index is 1.48. The molecular weight excluding hydrogens is 488 g/mol. The molecule has 0 aliphatic heterocycles. The van der Waals surface area contributed by atoms with Crippen LogP contribution < -0.4 is 14.9 Å². The average Bonchev–Trinajstić information content (AvgIpc) is 2.84. The lowest BCUT2D eigenvalue weighted by atomic mass is 10.1. The van der Waals surface area contributed by atoms with E-state index in [0.717, 1.165) is 26.4 Å².